The molecule has 0 bridgehead atoms. The lowest BCUT2D eigenvalue weighted by molar-refractivity contribution is -0.115. The number of halogens is 3. The van der Waals surface area contributed by atoms with Gasteiger partial charge in [0.05, 0.1) is 10.8 Å². The van der Waals surface area contributed by atoms with Gasteiger partial charge in [0.15, 0.2) is 0 Å². The number of benzene rings is 3. The van der Waals surface area contributed by atoms with E-state index in [9.17, 15) is 14.0 Å². The van der Waals surface area contributed by atoms with Gasteiger partial charge < -0.3 is 10.6 Å². The van der Waals surface area contributed by atoms with Gasteiger partial charge in [0, 0.05) is 26.3 Å². The summed E-state index contributed by atoms with van der Waals surface area (Å²) in [5, 5.41) is 6.00. The van der Waals surface area contributed by atoms with Crippen molar-refractivity contribution in [3.8, 4) is 0 Å². The number of hydrogen-bond donors (Lipinski definition) is 2. The fourth-order valence-electron chi connectivity index (χ4n) is 2.83. The molecule has 3 aromatic carbocycles. The van der Waals surface area contributed by atoms with Crippen LogP contribution >= 0.6 is 35.0 Å². The second kappa shape index (κ2) is 10.7. The lowest BCUT2D eigenvalue weighted by atomic mass is 10.2. The predicted octanol–water partition coefficient (Wildman–Crippen LogP) is 6.89. The van der Waals surface area contributed by atoms with Crippen molar-refractivity contribution in [3.05, 3.63) is 88.2 Å². The number of rotatable bonds is 7. The molecule has 31 heavy (non-hydrogen) atoms. The molecule has 3 aromatic rings. The van der Waals surface area contributed by atoms with E-state index in [1.807, 2.05) is 13.0 Å². The average Bonchev–Trinajstić information content (AvgIpc) is 2.71. The Morgan fingerprint density at radius 2 is 1.65 bits per heavy atom. The molecule has 4 nitrogen and oxygen atoms in total. The van der Waals surface area contributed by atoms with E-state index in [1.165, 1.54) is 30.0 Å². The van der Waals surface area contributed by atoms with E-state index in [0.717, 1.165) is 4.90 Å². The number of amides is 2. The zero-order valence-electron chi connectivity index (χ0n) is 16.5. The monoisotopic (exact) mass is 476 g/mol. The van der Waals surface area contributed by atoms with Crippen molar-refractivity contribution in [1.29, 1.82) is 0 Å². The van der Waals surface area contributed by atoms with Crippen LogP contribution in [0.25, 0.3) is 0 Å². The van der Waals surface area contributed by atoms with Crippen molar-refractivity contribution in [2.75, 3.05) is 10.6 Å². The van der Waals surface area contributed by atoms with E-state index in [0.29, 0.717) is 27.8 Å². The van der Waals surface area contributed by atoms with Crippen LogP contribution in [0.3, 0.4) is 0 Å². The molecule has 0 fully saturated rings. The Morgan fingerprint density at radius 3 is 2.32 bits per heavy atom. The summed E-state index contributed by atoms with van der Waals surface area (Å²) >= 11 is 13.3. The topological polar surface area (TPSA) is 58.2 Å². The van der Waals surface area contributed by atoms with Crippen LogP contribution < -0.4 is 10.6 Å². The van der Waals surface area contributed by atoms with Crippen LogP contribution in [0.1, 0.15) is 23.7 Å². The van der Waals surface area contributed by atoms with Crippen molar-refractivity contribution in [2.45, 2.75) is 23.5 Å². The van der Waals surface area contributed by atoms with Crippen LogP contribution in [0, 0.1) is 5.82 Å². The normalized spacial score (nSPS) is 11.6. The maximum absolute atomic E-state index is 13.8. The number of hydrogen-bond acceptors (Lipinski definition) is 3. The van der Waals surface area contributed by atoms with Crippen LogP contribution in [0.5, 0.6) is 0 Å². The molecule has 2 amide bonds. The minimum atomic E-state index is -0.589. The summed E-state index contributed by atoms with van der Waals surface area (Å²) in [7, 11) is 0. The van der Waals surface area contributed by atoms with Crippen LogP contribution in [0.4, 0.5) is 15.8 Å². The Bertz CT molecular complexity index is 1090. The minimum absolute atomic E-state index is 0.0356. The Balaban J connectivity index is 1.69. The molecule has 160 valence electrons. The van der Waals surface area contributed by atoms with Crippen molar-refractivity contribution in [2.24, 2.45) is 0 Å². The van der Waals surface area contributed by atoms with Gasteiger partial charge in [-0.3, -0.25) is 9.59 Å². The highest BCUT2D eigenvalue weighted by molar-refractivity contribution is 8.00. The van der Waals surface area contributed by atoms with Gasteiger partial charge in [-0.2, -0.15) is 0 Å². The van der Waals surface area contributed by atoms with Gasteiger partial charge in [0.1, 0.15) is 5.82 Å². The Kier molecular flexibility index (Phi) is 7.96. The van der Waals surface area contributed by atoms with E-state index in [4.69, 9.17) is 23.2 Å². The van der Waals surface area contributed by atoms with E-state index in [-0.39, 0.29) is 16.7 Å². The van der Waals surface area contributed by atoms with Crippen LogP contribution in [-0.2, 0) is 4.79 Å². The molecule has 0 aliphatic rings. The number of anilines is 2. The van der Waals surface area contributed by atoms with Crippen molar-refractivity contribution >= 4 is 58.2 Å². The highest BCUT2D eigenvalue weighted by atomic mass is 35.5. The zero-order chi connectivity index (χ0) is 22.4. The largest absolute Gasteiger partial charge is 0.325 e. The summed E-state index contributed by atoms with van der Waals surface area (Å²) in [4.78, 5) is 25.9. The maximum Gasteiger partial charge on any atom is 0.258 e. The zero-order valence-corrected chi connectivity index (χ0v) is 18.8. The molecule has 3 rings (SSSR count). The maximum atomic E-state index is 13.8. The summed E-state index contributed by atoms with van der Waals surface area (Å²) in [6.07, 6.45) is 0.580. The lowest BCUT2D eigenvalue weighted by Crippen LogP contribution is -2.24. The third kappa shape index (κ3) is 6.47. The predicted molar refractivity (Wildman–Crippen MR) is 126 cm³/mol. The first-order valence-electron chi connectivity index (χ1n) is 9.45. The molecular weight excluding hydrogens is 458 g/mol. The molecular formula is C23H19Cl2FN2O2S. The molecule has 0 radical (unpaired) electrons. The second-order valence-corrected chi connectivity index (χ2v) is 8.77. The number of thioether (sulfide) groups is 1. The second-order valence-electron chi connectivity index (χ2n) is 6.62. The first kappa shape index (κ1) is 23.1. The third-order valence-corrected chi connectivity index (χ3v) is 6.08. The first-order valence-corrected chi connectivity index (χ1v) is 11.1. The summed E-state index contributed by atoms with van der Waals surface area (Å²) in [6, 6.07) is 17.7. The molecule has 0 spiro atoms. The van der Waals surface area contributed by atoms with Crippen LogP contribution in [0.2, 0.25) is 10.0 Å². The SMILES string of the molecule is CCC(Sc1cccc(NC(=O)c2ccccc2F)c1)C(=O)Nc1cc(Cl)cc(Cl)c1. The Morgan fingerprint density at radius 1 is 0.935 bits per heavy atom. The molecule has 1 atom stereocenters. The Labute approximate surface area is 194 Å². The van der Waals surface area contributed by atoms with Crippen molar-refractivity contribution < 1.29 is 14.0 Å². The van der Waals surface area contributed by atoms with Gasteiger partial charge in [0.25, 0.3) is 5.91 Å². The number of carbonyl (C=O) groups is 2. The molecule has 1 unspecified atom stereocenters. The van der Waals surface area contributed by atoms with E-state index >= 15 is 0 Å². The molecule has 0 heterocycles. The summed E-state index contributed by atoms with van der Waals surface area (Å²) < 4.78 is 13.8. The number of carbonyl (C=O) groups excluding carboxylic acids is 2. The van der Waals surface area contributed by atoms with Crippen molar-refractivity contribution in [1.82, 2.24) is 0 Å². The number of nitrogens with one attached hydrogen (secondary N) is 2. The van der Waals surface area contributed by atoms with E-state index < -0.39 is 11.7 Å². The smallest absolute Gasteiger partial charge is 0.258 e. The van der Waals surface area contributed by atoms with Gasteiger partial charge in [-0.15, -0.1) is 11.8 Å². The molecule has 0 aliphatic heterocycles. The van der Waals surface area contributed by atoms with Gasteiger partial charge in [-0.05, 0) is 55.0 Å². The Hall–Kier alpha value is -2.54. The van der Waals surface area contributed by atoms with Gasteiger partial charge in [-0.1, -0.05) is 48.3 Å². The molecule has 2 N–H and O–H groups in total. The summed E-state index contributed by atoms with van der Waals surface area (Å²) in [5.41, 5.74) is 0.995. The molecule has 0 aromatic heterocycles. The molecule has 0 saturated carbocycles. The minimum Gasteiger partial charge on any atom is -0.325 e. The van der Waals surface area contributed by atoms with Crippen LogP contribution in [0.15, 0.2) is 71.6 Å². The molecule has 8 heteroatoms. The average molecular weight is 477 g/mol. The summed E-state index contributed by atoms with van der Waals surface area (Å²) in [5.74, 6) is -1.32. The van der Waals surface area contributed by atoms with E-state index in [1.54, 1.807) is 42.5 Å². The fourth-order valence-corrected chi connectivity index (χ4v) is 4.37. The molecule has 0 saturated heterocycles. The standard InChI is InChI=1S/C23H19Cl2FN2O2S/c1-2-21(23(30)28-17-11-14(24)10-15(25)12-17)31-18-7-5-6-16(13-18)27-22(29)19-8-3-4-9-20(19)26/h3-13,21H,2H2,1H3,(H,27,29)(H,28,30). The summed E-state index contributed by atoms with van der Waals surface area (Å²) in [6.45, 7) is 1.91. The van der Waals surface area contributed by atoms with Gasteiger partial charge in [-0.25, -0.2) is 4.39 Å². The van der Waals surface area contributed by atoms with Crippen molar-refractivity contribution in [3.63, 3.8) is 0 Å². The fraction of sp³-hybridized carbons (Fsp3) is 0.130. The molecule has 0 aliphatic carbocycles. The highest BCUT2D eigenvalue weighted by Crippen LogP contribution is 2.30. The van der Waals surface area contributed by atoms with Crippen LogP contribution in [-0.4, -0.2) is 17.1 Å². The van der Waals surface area contributed by atoms with Gasteiger partial charge in [0.2, 0.25) is 5.91 Å². The lowest BCUT2D eigenvalue weighted by Gasteiger charge is -2.16. The third-order valence-electron chi connectivity index (χ3n) is 4.28. The van der Waals surface area contributed by atoms with Gasteiger partial charge >= 0.3 is 0 Å². The highest BCUT2D eigenvalue weighted by Gasteiger charge is 2.19. The quantitative estimate of drug-likeness (QED) is 0.364. The first-order chi connectivity index (χ1) is 14.9. The van der Waals surface area contributed by atoms with E-state index in [2.05, 4.69) is 10.6 Å².